The summed E-state index contributed by atoms with van der Waals surface area (Å²) >= 11 is 0. The minimum Gasteiger partial charge on any atom is -0.427 e. The first-order chi connectivity index (χ1) is 28.3. The molecule has 2 fully saturated rings. The maximum atomic E-state index is 13.1. The van der Waals surface area contributed by atoms with Gasteiger partial charge >= 0.3 is 23.9 Å². The predicted molar refractivity (Wildman–Crippen MR) is 219 cm³/mol. The highest BCUT2D eigenvalue weighted by Gasteiger charge is 2.21. The molecule has 0 radical (unpaired) electrons. The van der Waals surface area contributed by atoms with Gasteiger partial charge in [0.15, 0.2) is 0 Å². The standard InChI is InChI=1S/C48H44O10/c49-45(8-3-1-2-7-44-30-54-44)55-40-18-14-31-24-37(12-10-33(31)26-40)47(51)57-42-20-16-36-29-43(21-17-35(36)28-42)58-48(52)38-13-11-34-27-41(19-15-32(34)25-38)56-46(50)9-5-4-6-39-22-23-53-39/h10-21,24-29,39,44H,1-9,22-23,30H2. The van der Waals surface area contributed by atoms with Crippen LogP contribution in [0.5, 0.6) is 23.0 Å². The van der Waals surface area contributed by atoms with E-state index in [1.54, 1.807) is 97.1 Å². The summed E-state index contributed by atoms with van der Waals surface area (Å²) in [6.45, 7) is 1.70. The molecule has 58 heavy (non-hydrogen) atoms. The molecule has 0 bridgehead atoms. The van der Waals surface area contributed by atoms with Gasteiger partial charge in [-0.2, -0.15) is 0 Å². The third-order valence-corrected chi connectivity index (χ3v) is 10.5. The van der Waals surface area contributed by atoms with E-state index in [9.17, 15) is 19.2 Å². The lowest BCUT2D eigenvalue weighted by Crippen LogP contribution is -2.26. The molecule has 2 heterocycles. The molecule has 2 aliphatic rings. The Morgan fingerprint density at radius 2 is 0.828 bits per heavy atom. The second-order valence-electron chi connectivity index (χ2n) is 14.9. The van der Waals surface area contributed by atoms with E-state index in [4.69, 9.17) is 28.4 Å². The Morgan fingerprint density at radius 3 is 1.26 bits per heavy atom. The molecule has 2 unspecified atom stereocenters. The van der Waals surface area contributed by atoms with Crippen LogP contribution in [0.1, 0.15) is 84.9 Å². The van der Waals surface area contributed by atoms with Crippen molar-refractivity contribution in [1.29, 1.82) is 0 Å². The van der Waals surface area contributed by atoms with E-state index in [0.29, 0.717) is 59.2 Å². The highest BCUT2D eigenvalue weighted by molar-refractivity contribution is 5.99. The number of ether oxygens (including phenoxy) is 6. The largest absolute Gasteiger partial charge is 0.427 e. The molecule has 0 amide bonds. The van der Waals surface area contributed by atoms with E-state index in [0.717, 1.165) is 96.9 Å². The van der Waals surface area contributed by atoms with Gasteiger partial charge in [-0.1, -0.05) is 55.7 Å². The van der Waals surface area contributed by atoms with Crippen LogP contribution in [0, 0.1) is 0 Å². The lowest BCUT2D eigenvalue weighted by molar-refractivity contribution is -0.135. The average Bonchev–Trinajstić information content (AvgIpc) is 4.04. The van der Waals surface area contributed by atoms with Gasteiger partial charge in [-0.25, -0.2) is 9.59 Å². The summed E-state index contributed by atoms with van der Waals surface area (Å²) in [4.78, 5) is 51.0. The summed E-state index contributed by atoms with van der Waals surface area (Å²) < 4.78 is 33.2. The number of unbranched alkanes of at least 4 members (excludes halogenated alkanes) is 3. The molecule has 10 nitrogen and oxygen atoms in total. The van der Waals surface area contributed by atoms with Crippen molar-refractivity contribution in [2.45, 2.75) is 76.4 Å². The van der Waals surface area contributed by atoms with Gasteiger partial charge in [-0.3, -0.25) is 9.59 Å². The normalized spacial score (nSPS) is 15.8. The molecule has 8 rings (SSSR count). The predicted octanol–water partition coefficient (Wildman–Crippen LogP) is 10.1. The lowest BCUT2D eigenvalue weighted by Gasteiger charge is -2.26. The fraction of sp³-hybridized carbons (Fsp3) is 0.292. The minimum absolute atomic E-state index is 0.259. The second-order valence-corrected chi connectivity index (χ2v) is 14.9. The number of benzene rings is 6. The van der Waals surface area contributed by atoms with Crippen molar-refractivity contribution in [3.8, 4) is 23.0 Å². The number of hydrogen-bond donors (Lipinski definition) is 0. The smallest absolute Gasteiger partial charge is 0.343 e. The van der Waals surface area contributed by atoms with E-state index in [1.807, 2.05) is 12.1 Å². The van der Waals surface area contributed by atoms with Crippen LogP contribution in [0.4, 0.5) is 0 Å². The molecule has 2 atom stereocenters. The van der Waals surface area contributed by atoms with Crippen LogP contribution in [0.25, 0.3) is 32.3 Å². The maximum Gasteiger partial charge on any atom is 0.343 e. The van der Waals surface area contributed by atoms with Crippen molar-refractivity contribution in [1.82, 2.24) is 0 Å². The molecule has 2 saturated heterocycles. The lowest BCUT2D eigenvalue weighted by atomic mass is 10.1. The molecule has 6 aromatic rings. The molecule has 0 spiro atoms. The van der Waals surface area contributed by atoms with Gasteiger partial charge in [-0.15, -0.1) is 0 Å². The molecule has 296 valence electrons. The van der Waals surface area contributed by atoms with Crippen molar-refractivity contribution in [2.75, 3.05) is 13.2 Å². The number of hydrogen-bond acceptors (Lipinski definition) is 10. The van der Waals surface area contributed by atoms with Crippen molar-refractivity contribution in [3.63, 3.8) is 0 Å². The zero-order chi connectivity index (χ0) is 39.8. The first-order valence-electron chi connectivity index (χ1n) is 20.0. The molecule has 0 aliphatic carbocycles. The van der Waals surface area contributed by atoms with E-state index in [-0.39, 0.29) is 11.9 Å². The summed E-state index contributed by atoms with van der Waals surface area (Å²) in [6.07, 6.45) is 9.14. The summed E-state index contributed by atoms with van der Waals surface area (Å²) in [5.41, 5.74) is 0.759. The third kappa shape index (κ3) is 10.2. The number of esters is 4. The Morgan fingerprint density at radius 1 is 0.448 bits per heavy atom. The fourth-order valence-electron chi connectivity index (χ4n) is 7.06. The number of carbonyl (C=O) groups excluding carboxylic acids is 4. The van der Waals surface area contributed by atoms with Crippen LogP contribution in [0.2, 0.25) is 0 Å². The number of carbonyl (C=O) groups is 4. The maximum absolute atomic E-state index is 13.1. The first kappa shape index (κ1) is 38.8. The summed E-state index contributed by atoms with van der Waals surface area (Å²) in [5, 5.41) is 4.87. The Bertz CT molecular complexity index is 2480. The van der Waals surface area contributed by atoms with Crippen molar-refractivity contribution in [2.24, 2.45) is 0 Å². The fourth-order valence-corrected chi connectivity index (χ4v) is 7.06. The van der Waals surface area contributed by atoms with E-state index < -0.39 is 11.9 Å². The van der Waals surface area contributed by atoms with Gasteiger partial charge in [-0.05, 0) is 137 Å². The Labute approximate surface area is 335 Å². The Kier molecular flexibility index (Phi) is 12.0. The molecule has 0 aromatic heterocycles. The van der Waals surface area contributed by atoms with Crippen LogP contribution < -0.4 is 18.9 Å². The van der Waals surface area contributed by atoms with Crippen LogP contribution >= 0.6 is 0 Å². The SMILES string of the molecule is O=C(CCCCCC1CO1)Oc1ccc2cc(C(=O)Oc3ccc4cc(OC(=O)c5ccc6cc(OC(=O)CCCCC7CCO7)ccc6c5)ccc4c3)ccc2c1. The van der Waals surface area contributed by atoms with Crippen LogP contribution in [-0.4, -0.2) is 49.3 Å². The minimum atomic E-state index is -0.511. The highest BCUT2D eigenvalue weighted by atomic mass is 16.6. The first-order valence-corrected chi connectivity index (χ1v) is 20.0. The number of epoxide rings is 1. The molecule has 0 saturated carbocycles. The Balaban J connectivity index is 0.824. The van der Waals surface area contributed by atoms with Crippen LogP contribution in [-0.2, 0) is 19.1 Å². The monoisotopic (exact) mass is 780 g/mol. The zero-order valence-corrected chi connectivity index (χ0v) is 32.1. The van der Waals surface area contributed by atoms with Gasteiger partial charge in [0.1, 0.15) is 23.0 Å². The molecule has 6 aromatic carbocycles. The molecule has 10 heteroatoms. The molecule has 2 aliphatic heterocycles. The van der Waals surface area contributed by atoms with E-state index in [1.165, 1.54) is 0 Å². The van der Waals surface area contributed by atoms with E-state index in [2.05, 4.69) is 0 Å². The summed E-state index contributed by atoms with van der Waals surface area (Å²) in [7, 11) is 0. The van der Waals surface area contributed by atoms with Gasteiger partial charge in [0.25, 0.3) is 0 Å². The number of fused-ring (bicyclic) bond motifs is 3. The third-order valence-electron chi connectivity index (χ3n) is 10.5. The van der Waals surface area contributed by atoms with Crippen molar-refractivity contribution >= 4 is 56.2 Å². The van der Waals surface area contributed by atoms with Gasteiger partial charge < -0.3 is 28.4 Å². The van der Waals surface area contributed by atoms with Gasteiger partial charge in [0, 0.05) is 19.4 Å². The van der Waals surface area contributed by atoms with Crippen molar-refractivity contribution < 1.29 is 47.6 Å². The zero-order valence-electron chi connectivity index (χ0n) is 32.1. The molecular formula is C48H44O10. The quantitative estimate of drug-likeness (QED) is 0.0382. The highest BCUT2D eigenvalue weighted by Crippen LogP contribution is 2.29. The van der Waals surface area contributed by atoms with Gasteiger partial charge in [0.05, 0.1) is 29.9 Å². The average molecular weight is 781 g/mol. The summed E-state index contributed by atoms with van der Waals surface area (Å²) in [5.74, 6) is 0.123. The van der Waals surface area contributed by atoms with Gasteiger partial charge in [0.2, 0.25) is 0 Å². The summed E-state index contributed by atoms with van der Waals surface area (Å²) in [6, 6.07) is 31.6. The Hall–Kier alpha value is -6.10. The molecule has 0 N–H and O–H groups in total. The number of rotatable bonds is 17. The topological polar surface area (TPSA) is 127 Å². The van der Waals surface area contributed by atoms with Crippen LogP contribution in [0.15, 0.2) is 109 Å². The molecular weight excluding hydrogens is 737 g/mol. The van der Waals surface area contributed by atoms with Crippen LogP contribution in [0.3, 0.4) is 0 Å². The van der Waals surface area contributed by atoms with E-state index >= 15 is 0 Å². The second kappa shape index (κ2) is 18.0. The van der Waals surface area contributed by atoms with Crippen molar-refractivity contribution in [3.05, 3.63) is 120 Å².